The maximum absolute atomic E-state index is 5.58. The molecule has 0 bridgehead atoms. The second kappa shape index (κ2) is 7.01. The van der Waals surface area contributed by atoms with Crippen molar-refractivity contribution in [2.24, 2.45) is 5.92 Å². The van der Waals surface area contributed by atoms with E-state index in [4.69, 9.17) is 4.74 Å². The van der Waals surface area contributed by atoms with Crippen molar-refractivity contribution in [2.45, 2.75) is 13.5 Å². The SMILES string of the molecule is C[C@@H](/C=C/I)COCc1ccccc1. The van der Waals surface area contributed by atoms with Gasteiger partial charge >= 0.3 is 0 Å². The number of halogens is 1. The highest BCUT2D eigenvalue weighted by molar-refractivity contribution is 14.1. The zero-order valence-corrected chi connectivity index (χ0v) is 10.5. The molecule has 0 heterocycles. The lowest BCUT2D eigenvalue weighted by Crippen LogP contribution is -2.02. The van der Waals surface area contributed by atoms with Crippen LogP contribution in [-0.4, -0.2) is 6.61 Å². The van der Waals surface area contributed by atoms with Gasteiger partial charge in [-0.25, -0.2) is 0 Å². The normalized spacial score (nSPS) is 13.3. The summed E-state index contributed by atoms with van der Waals surface area (Å²) in [6.07, 6.45) is 2.14. The van der Waals surface area contributed by atoms with Crippen LogP contribution in [0.5, 0.6) is 0 Å². The molecule has 0 N–H and O–H groups in total. The van der Waals surface area contributed by atoms with Gasteiger partial charge in [0, 0.05) is 0 Å². The fraction of sp³-hybridized carbons (Fsp3) is 0.333. The molecule has 0 aromatic heterocycles. The minimum atomic E-state index is 0.496. The van der Waals surface area contributed by atoms with E-state index in [1.54, 1.807) is 0 Å². The van der Waals surface area contributed by atoms with Crippen LogP contribution in [0, 0.1) is 5.92 Å². The lowest BCUT2D eigenvalue weighted by molar-refractivity contribution is 0.104. The van der Waals surface area contributed by atoms with Crippen LogP contribution in [0.2, 0.25) is 0 Å². The van der Waals surface area contributed by atoms with Gasteiger partial charge in [0.05, 0.1) is 13.2 Å². The molecule has 0 aliphatic carbocycles. The summed E-state index contributed by atoms with van der Waals surface area (Å²) in [6.45, 7) is 3.65. The second-order valence-electron chi connectivity index (χ2n) is 3.30. The van der Waals surface area contributed by atoms with E-state index in [1.807, 2.05) is 22.3 Å². The first-order valence-corrected chi connectivity index (χ1v) is 5.96. The Hall–Kier alpha value is -0.350. The average molecular weight is 302 g/mol. The Labute approximate surface area is 99.3 Å². The van der Waals surface area contributed by atoms with E-state index in [-0.39, 0.29) is 0 Å². The van der Waals surface area contributed by atoms with Crippen LogP contribution in [0.4, 0.5) is 0 Å². The van der Waals surface area contributed by atoms with Crippen molar-refractivity contribution >= 4 is 22.6 Å². The number of rotatable bonds is 5. The first-order chi connectivity index (χ1) is 6.83. The molecule has 76 valence electrons. The molecule has 0 radical (unpaired) electrons. The van der Waals surface area contributed by atoms with Crippen molar-refractivity contribution in [2.75, 3.05) is 6.61 Å². The van der Waals surface area contributed by atoms with E-state index < -0.39 is 0 Å². The average Bonchev–Trinajstić information content (AvgIpc) is 2.20. The molecular formula is C12H15IO. The highest BCUT2D eigenvalue weighted by Gasteiger charge is 1.97. The van der Waals surface area contributed by atoms with Gasteiger partial charge in [-0.05, 0) is 15.6 Å². The van der Waals surface area contributed by atoms with Gasteiger partial charge in [-0.15, -0.1) is 0 Å². The van der Waals surface area contributed by atoms with Crippen molar-refractivity contribution in [1.82, 2.24) is 0 Å². The number of benzene rings is 1. The number of ether oxygens (including phenoxy) is 1. The van der Waals surface area contributed by atoms with Crippen molar-refractivity contribution in [3.8, 4) is 0 Å². The van der Waals surface area contributed by atoms with E-state index in [1.165, 1.54) is 5.56 Å². The predicted octanol–water partition coefficient (Wildman–Crippen LogP) is 3.79. The highest BCUT2D eigenvalue weighted by atomic mass is 127. The van der Waals surface area contributed by atoms with Gasteiger partial charge in [0.2, 0.25) is 0 Å². The molecule has 1 aromatic rings. The third-order valence-electron chi connectivity index (χ3n) is 1.89. The fourth-order valence-electron chi connectivity index (χ4n) is 1.12. The quantitative estimate of drug-likeness (QED) is 0.752. The van der Waals surface area contributed by atoms with Crippen LogP contribution in [-0.2, 0) is 11.3 Å². The zero-order chi connectivity index (χ0) is 10.2. The minimum Gasteiger partial charge on any atom is -0.376 e. The van der Waals surface area contributed by atoms with Crippen LogP contribution < -0.4 is 0 Å². The smallest absolute Gasteiger partial charge is 0.0717 e. The lowest BCUT2D eigenvalue weighted by atomic mass is 10.2. The third kappa shape index (κ3) is 4.77. The molecule has 1 rings (SSSR count). The van der Waals surface area contributed by atoms with E-state index in [9.17, 15) is 0 Å². The molecule has 0 spiro atoms. The molecule has 0 unspecified atom stereocenters. The van der Waals surface area contributed by atoms with Gasteiger partial charge in [0.1, 0.15) is 0 Å². The Morgan fingerprint density at radius 1 is 1.36 bits per heavy atom. The van der Waals surface area contributed by atoms with Crippen molar-refractivity contribution in [1.29, 1.82) is 0 Å². The molecule has 2 heteroatoms. The maximum atomic E-state index is 5.58. The Morgan fingerprint density at radius 2 is 2.07 bits per heavy atom. The Bertz CT molecular complexity index is 269. The van der Waals surface area contributed by atoms with Gasteiger partial charge in [0.15, 0.2) is 0 Å². The fourth-order valence-corrected chi connectivity index (χ4v) is 1.83. The van der Waals surface area contributed by atoms with Crippen molar-refractivity contribution < 1.29 is 4.74 Å². The Balaban J connectivity index is 2.22. The standard InChI is InChI=1S/C12H15IO/c1-11(7-8-13)9-14-10-12-5-3-2-4-6-12/h2-8,11H,9-10H2,1H3/b8-7+/t11-/m0/s1. The summed E-state index contributed by atoms with van der Waals surface area (Å²) < 4.78 is 7.62. The molecule has 0 amide bonds. The molecule has 14 heavy (non-hydrogen) atoms. The number of hydrogen-bond acceptors (Lipinski definition) is 1. The van der Waals surface area contributed by atoms with E-state index in [0.29, 0.717) is 12.5 Å². The second-order valence-corrected chi connectivity index (χ2v) is 4.02. The molecule has 0 saturated heterocycles. The molecule has 0 aliphatic rings. The minimum absolute atomic E-state index is 0.496. The highest BCUT2D eigenvalue weighted by Crippen LogP contribution is 2.04. The first-order valence-electron chi connectivity index (χ1n) is 4.71. The summed E-state index contributed by atoms with van der Waals surface area (Å²) in [5.74, 6) is 0.496. The van der Waals surface area contributed by atoms with Gasteiger partial charge in [-0.2, -0.15) is 0 Å². The molecule has 1 atom stereocenters. The summed E-state index contributed by atoms with van der Waals surface area (Å²) >= 11 is 2.23. The van der Waals surface area contributed by atoms with E-state index in [2.05, 4.69) is 47.7 Å². The molecule has 1 nitrogen and oxygen atoms in total. The van der Waals surface area contributed by atoms with Crippen LogP contribution >= 0.6 is 22.6 Å². The molecule has 1 aromatic carbocycles. The van der Waals surface area contributed by atoms with Gasteiger partial charge in [-0.3, -0.25) is 0 Å². The van der Waals surface area contributed by atoms with E-state index >= 15 is 0 Å². The number of hydrogen-bond donors (Lipinski definition) is 0. The maximum Gasteiger partial charge on any atom is 0.0717 e. The topological polar surface area (TPSA) is 9.23 Å². The Morgan fingerprint density at radius 3 is 2.71 bits per heavy atom. The van der Waals surface area contributed by atoms with Crippen LogP contribution in [0.25, 0.3) is 0 Å². The van der Waals surface area contributed by atoms with Gasteiger partial charge in [0.25, 0.3) is 0 Å². The molecule has 0 saturated carbocycles. The zero-order valence-electron chi connectivity index (χ0n) is 8.32. The van der Waals surface area contributed by atoms with Crippen LogP contribution in [0.15, 0.2) is 40.5 Å². The van der Waals surface area contributed by atoms with Crippen molar-refractivity contribution in [3.05, 3.63) is 46.1 Å². The summed E-state index contributed by atoms with van der Waals surface area (Å²) in [5.41, 5.74) is 1.23. The van der Waals surface area contributed by atoms with Crippen LogP contribution in [0.1, 0.15) is 12.5 Å². The van der Waals surface area contributed by atoms with Gasteiger partial charge < -0.3 is 4.74 Å². The van der Waals surface area contributed by atoms with Crippen molar-refractivity contribution in [3.63, 3.8) is 0 Å². The third-order valence-corrected chi connectivity index (χ3v) is 2.31. The summed E-state index contributed by atoms with van der Waals surface area (Å²) in [4.78, 5) is 0. The van der Waals surface area contributed by atoms with Gasteiger partial charge in [-0.1, -0.05) is 65.9 Å². The summed E-state index contributed by atoms with van der Waals surface area (Å²) in [6, 6.07) is 10.3. The summed E-state index contributed by atoms with van der Waals surface area (Å²) in [7, 11) is 0. The molecule has 0 fully saturated rings. The van der Waals surface area contributed by atoms with Crippen LogP contribution in [0.3, 0.4) is 0 Å². The molecular weight excluding hydrogens is 287 g/mol. The summed E-state index contributed by atoms with van der Waals surface area (Å²) in [5, 5.41) is 0. The van der Waals surface area contributed by atoms with E-state index in [0.717, 1.165) is 6.61 Å². The Kier molecular flexibility index (Phi) is 5.87. The largest absolute Gasteiger partial charge is 0.376 e. The lowest BCUT2D eigenvalue weighted by Gasteiger charge is -2.07. The first kappa shape index (κ1) is 11.7. The monoisotopic (exact) mass is 302 g/mol. The molecule has 0 aliphatic heterocycles. The predicted molar refractivity (Wildman–Crippen MR) is 68.4 cm³/mol.